The van der Waals surface area contributed by atoms with Gasteiger partial charge >= 0.3 is 21.1 Å². The molecule has 49 heavy (non-hydrogen) atoms. The van der Waals surface area contributed by atoms with Crippen molar-refractivity contribution in [2.45, 2.75) is 66.7 Å². The van der Waals surface area contributed by atoms with Gasteiger partial charge in [-0.05, 0) is 91.4 Å². The van der Waals surface area contributed by atoms with Crippen molar-refractivity contribution >= 4 is 21.8 Å². The van der Waals surface area contributed by atoms with Crippen LogP contribution in [-0.4, -0.2) is 19.3 Å². The van der Waals surface area contributed by atoms with Gasteiger partial charge in [-0.1, -0.05) is 75.2 Å². The number of fused-ring (bicyclic) bond motifs is 3. The van der Waals surface area contributed by atoms with E-state index in [2.05, 4.69) is 112 Å². The van der Waals surface area contributed by atoms with Gasteiger partial charge in [-0.2, -0.15) is 17.2 Å². The zero-order valence-electron chi connectivity index (χ0n) is 28.9. The maximum absolute atomic E-state index is 6.48. The summed E-state index contributed by atoms with van der Waals surface area (Å²) in [5, 5.41) is 7.23. The van der Waals surface area contributed by atoms with E-state index in [1.165, 1.54) is 16.5 Å². The van der Waals surface area contributed by atoms with Crippen LogP contribution in [0.4, 0.5) is 0 Å². The Kier molecular flexibility index (Phi) is 10.5. The van der Waals surface area contributed by atoms with Gasteiger partial charge in [0.05, 0.1) is 5.69 Å². The van der Waals surface area contributed by atoms with Crippen molar-refractivity contribution in [2.24, 2.45) is 5.92 Å². The molecule has 0 aliphatic heterocycles. The first-order chi connectivity index (χ1) is 23.4. The molecule has 0 saturated carbocycles. The monoisotopic (exact) mass is 825 g/mol. The fourth-order valence-corrected chi connectivity index (χ4v) is 6.64. The van der Waals surface area contributed by atoms with Crippen LogP contribution in [0.1, 0.15) is 62.5 Å². The van der Waals surface area contributed by atoms with Crippen molar-refractivity contribution in [1.82, 2.24) is 19.3 Å². The van der Waals surface area contributed by atoms with Gasteiger partial charge in [-0.15, -0.1) is 35.7 Å². The Bertz CT molecular complexity index is 2210. The zero-order valence-corrected chi connectivity index (χ0v) is 31.1. The summed E-state index contributed by atoms with van der Waals surface area (Å²) in [6, 6.07) is 38.8. The van der Waals surface area contributed by atoms with Crippen LogP contribution in [0.25, 0.3) is 44.4 Å². The summed E-state index contributed by atoms with van der Waals surface area (Å²) in [5.41, 5.74) is 9.88. The van der Waals surface area contributed by atoms with Gasteiger partial charge in [0.25, 0.3) is 0 Å². The zero-order chi connectivity index (χ0) is 33.2. The normalized spacial score (nSPS) is 11.4. The van der Waals surface area contributed by atoms with Crippen molar-refractivity contribution in [3.8, 4) is 34.1 Å². The Morgan fingerprint density at radius 3 is 2.39 bits per heavy atom. The van der Waals surface area contributed by atoms with Gasteiger partial charge in [0.15, 0.2) is 0 Å². The summed E-state index contributed by atoms with van der Waals surface area (Å²) < 4.78 is 10.7. The summed E-state index contributed by atoms with van der Waals surface area (Å²) in [4.78, 5) is 4.86. The number of hydrogen-bond donors (Lipinski definition) is 0. The summed E-state index contributed by atoms with van der Waals surface area (Å²) in [5.74, 6) is 2.79. The minimum absolute atomic E-state index is 0. The summed E-state index contributed by atoms with van der Waals surface area (Å²) in [6.45, 7) is 10.9. The SMILES string of the molecule is CCCCc1ccnc(-n2c3[c-]c(Oc4[c-]c(-n5nc(C)c(-c6ccccc6)c5C)ccc4)ccc3c3cc(CCC(C)C)ccc32)c1.[Pt+2]. The molecule has 0 amide bonds. The second kappa shape index (κ2) is 15.0. The standard InChI is InChI=1S/C43H42N4O.Pt/c1-6-7-12-32-23-24-44-42(26-32)46-40-22-19-33(18-17-29(2)3)25-39(40)38-21-20-37(28-41(38)46)48-36-16-11-15-35(27-36)47-31(5)43(30(4)45-47)34-13-9-8-10-14-34;/h8-11,13-16,19-26,29H,6-7,12,17-18H2,1-5H3;/q-2;+2. The van der Waals surface area contributed by atoms with E-state index in [9.17, 15) is 0 Å². The van der Waals surface area contributed by atoms with Crippen LogP contribution in [-0.2, 0) is 33.9 Å². The first-order valence-electron chi connectivity index (χ1n) is 17.2. The van der Waals surface area contributed by atoms with Crippen LogP contribution in [0, 0.1) is 31.9 Å². The molecule has 0 bridgehead atoms. The van der Waals surface area contributed by atoms with E-state index in [-0.39, 0.29) is 21.1 Å². The molecule has 7 aromatic rings. The van der Waals surface area contributed by atoms with Crippen LogP contribution in [0.5, 0.6) is 11.5 Å². The smallest absolute Gasteiger partial charge is 0.509 e. The van der Waals surface area contributed by atoms with Crippen molar-refractivity contribution in [1.29, 1.82) is 0 Å². The van der Waals surface area contributed by atoms with Gasteiger partial charge in [-0.25, -0.2) is 4.98 Å². The Morgan fingerprint density at radius 2 is 1.59 bits per heavy atom. The van der Waals surface area contributed by atoms with Gasteiger partial charge in [0, 0.05) is 34.5 Å². The van der Waals surface area contributed by atoms with E-state index in [0.29, 0.717) is 17.4 Å². The molecule has 0 atom stereocenters. The van der Waals surface area contributed by atoms with Crippen LogP contribution in [0.3, 0.4) is 0 Å². The number of aromatic nitrogens is 4. The largest absolute Gasteiger partial charge is 2.00 e. The third-order valence-corrected chi connectivity index (χ3v) is 9.14. The summed E-state index contributed by atoms with van der Waals surface area (Å²) in [7, 11) is 0. The number of ether oxygens (including phenoxy) is 1. The Hall–Kier alpha value is -4.47. The van der Waals surface area contributed by atoms with Crippen LogP contribution in [0.2, 0.25) is 0 Å². The second-order valence-corrected chi connectivity index (χ2v) is 13.2. The molecule has 0 aliphatic carbocycles. The average Bonchev–Trinajstić information content (AvgIpc) is 3.59. The van der Waals surface area contributed by atoms with E-state index in [4.69, 9.17) is 14.8 Å². The first-order valence-corrected chi connectivity index (χ1v) is 17.2. The molecule has 4 aromatic carbocycles. The minimum atomic E-state index is 0. The van der Waals surface area contributed by atoms with Crippen molar-refractivity contribution in [2.75, 3.05) is 0 Å². The summed E-state index contributed by atoms with van der Waals surface area (Å²) in [6.07, 6.45) is 7.50. The fourth-order valence-electron chi connectivity index (χ4n) is 6.64. The molecular formula is C43H42N4OPt. The molecular weight excluding hydrogens is 784 g/mol. The predicted molar refractivity (Wildman–Crippen MR) is 197 cm³/mol. The third-order valence-electron chi connectivity index (χ3n) is 9.14. The van der Waals surface area contributed by atoms with Gasteiger partial charge in [-0.3, -0.25) is 4.68 Å². The van der Waals surface area contributed by atoms with Gasteiger partial charge < -0.3 is 9.30 Å². The number of pyridine rings is 1. The average molecular weight is 826 g/mol. The molecule has 3 heterocycles. The number of unbranched alkanes of at least 4 members (excludes halogenated alkanes) is 1. The van der Waals surface area contributed by atoms with E-state index in [0.717, 1.165) is 82.5 Å². The fraction of sp³-hybridized carbons (Fsp3) is 0.256. The Balaban J connectivity index is 0.00000417. The molecule has 0 N–H and O–H groups in total. The molecule has 5 nitrogen and oxygen atoms in total. The van der Waals surface area contributed by atoms with E-state index in [1.54, 1.807) is 0 Å². The number of benzene rings is 4. The number of aryl methyl sites for hydroxylation is 3. The van der Waals surface area contributed by atoms with Crippen LogP contribution in [0.15, 0.2) is 97.2 Å². The molecule has 0 radical (unpaired) electrons. The van der Waals surface area contributed by atoms with Crippen molar-refractivity contribution in [3.05, 3.63) is 132 Å². The van der Waals surface area contributed by atoms with E-state index in [1.807, 2.05) is 41.2 Å². The molecule has 6 heteroatoms. The number of rotatable bonds is 11. The third kappa shape index (κ3) is 7.14. The van der Waals surface area contributed by atoms with Crippen LogP contribution < -0.4 is 4.74 Å². The van der Waals surface area contributed by atoms with Crippen molar-refractivity contribution in [3.63, 3.8) is 0 Å². The maximum Gasteiger partial charge on any atom is 2.00 e. The molecule has 0 aliphatic rings. The van der Waals surface area contributed by atoms with Gasteiger partial charge in [0.1, 0.15) is 5.82 Å². The Morgan fingerprint density at radius 1 is 0.796 bits per heavy atom. The molecule has 0 spiro atoms. The van der Waals surface area contributed by atoms with E-state index >= 15 is 0 Å². The molecule has 0 unspecified atom stereocenters. The molecule has 0 fully saturated rings. The van der Waals surface area contributed by atoms with Crippen LogP contribution >= 0.6 is 0 Å². The number of hydrogen-bond acceptors (Lipinski definition) is 3. The Labute approximate surface area is 304 Å². The summed E-state index contributed by atoms with van der Waals surface area (Å²) >= 11 is 0. The molecule has 7 rings (SSSR count). The predicted octanol–water partition coefficient (Wildman–Crippen LogP) is 11.0. The maximum atomic E-state index is 6.48. The van der Waals surface area contributed by atoms with Gasteiger partial charge in [0.2, 0.25) is 0 Å². The second-order valence-electron chi connectivity index (χ2n) is 13.2. The first kappa shape index (κ1) is 34.4. The minimum Gasteiger partial charge on any atom is -0.509 e. The van der Waals surface area contributed by atoms with Crippen molar-refractivity contribution < 1.29 is 25.8 Å². The molecule has 0 saturated heterocycles. The topological polar surface area (TPSA) is 44.9 Å². The van der Waals surface area contributed by atoms with E-state index < -0.39 is 0 Å². The molecule has 3 aromatic heterocycles. The quantitative estimate of drug-likeness (QED) is 0.122. The molecule has 250 valence electrons. The number of nitrogens with zero attached hydrogens (tertiary/aromatic N) is 4.